The van der Waals surface area contributed by atoms with E-state index in [1.54, 1.807) is 0 Å². The monoisotopic (exact) mass is 249 g/mol. The van der Waals surface area contributed by atoms with E-state index in [1.165, 1.54) is 5.56 Å². The van der Waals surface area contributed by atoms with Gasteiger partial charge < -0.3 is 11.1 Å². The van der Waals surface area contributed by atoms with Gasteiger partial charge in [0.1, 0.15) is 0 Å². The van der Waals surface area contributed by atoms with Crippen molar-refractivity contribution in [3.8, 4) is 0 Å². The zero-order chi connectivity index (χ0) is 13.5. The Morgan fingerprint density at radius 2 is 2.06 bits per heavy atom. The van der Waals surface area contributed by atoms with Crippen LogP contribution < -0.4 is 11.1 Å². The molecule has 4 heteroatoms. The second-order valence-corrected chi connectivity index (χ2v) is 4.92. The van der Waals surface area contributed by atoms with E-state index in [-0.39, 0.29) is 11.9 Å². The highest BCUT2D eigenvalue weighted by Gasteiger charge is 2.08. The number of amides is 1. The van der Waals surface area contributed by atoms with Crippen LogP contribution in [0.25, 0.3) is 0 Å². The Morgan fingerprint density at radius 3 is 2.67 bits per heavy atom. The zero-order valence-electron chi connectivity index (χ0n) is 11.4. The highest BCUT2D eigenvalue weighted by Crippen LogP contribution is 2.06. The molecule has 0 saturated carbocycles. The van der Waals surface area contributed by atoms with E-state index in [0.29, 0.717) is 13.1 Å². The molecule has 0 bridgehead atoms. The molecular weight excluding hydrogens is 226 g/mol. The number of carbonyl (C=O) groups is 1. The minimum absolute atomic E-state index is 0.0579. The summed E-state index contributed by atoms with van der Waals surface area (Å²) in [6.45, 7) is 5.63. The van der Waals surface area contributed by atoms with Crippen molar-refractivity contribution in [1.82, 2.24) is 10.2 Å². The van der Waals surface area contributed by atoms with Gasteiger partial charge in [-0.1, -0.05) is 24.3 Å². The van der Waals surface area contributed by atoms with Gasteiger partial charge in [0, 0.05) is 19.1 Å². The van der Waals surface area contributed by atoms with Crippen molar-refractivity contribution in [3.63, 3.8) is 0 Å². The van der Waals surface area contributed by atoms with Crippen LogP contribution in [-0.4, -0.2) is 30.4 Å². The summed E-state index contributed by atoms with van der Waals surface area (Å²) in [6.07, 6.45) is 0. The predicted molar refractivity (Wildman–Crippen MR) is 73.9 cm³/mol. The predicted octanol–water partition coefficient (Wildman–Crippen LogP) is 1.10. The SMILES string of the molecule is CC(C)NC(=O)CN(C)Cc1cccc(CN)c1. The molecule has 3 N–H and O–H groups in total. The smallest absolute Gasteiger partial charge is 0.234 e. The Labute approximate surface area is 109 Å². The van der Waals surface area contributed by atoms with Crippen molar-refractivity contribution < 1.29 is 4.79 Å². The summed E-state index contributed by atoms with van der Waals surface area (Å²) in [4.78, 5) is 13.6. The zero-order valence-corrected chi connectivity index (χ0v) is 11.4. The fourth-order valence-corrected chi connectivity index (χ4v) is 1.84. The van der Waals surface area contributed by atoms with Gasteiger partial charge in [-0.2, -0.15) is 0 Å². The van der Waals surface area contributed by atoms with Crippen LogP contribution in [0.1, 0.15) is 25.0 Å². The first kappa shape index (κ1) is 14.7. The van der Waals surface area contributed by atoms with Crippen LogP contribution in [0.4, 0.5) is 0 Å². The number of nitrogens with one attached hydrogen (secondary N) is 1. The Balaban J connectivity index is 2.48. The number of rotatable bonds is 6. The van der Waals surface area contributed by atoms with Crippen molar-refractivity contribution in [2.75, 3.05) is 13.6 Å². The minimum atomic E-state index is 0.0579. The third-order valence-electron chi connectivity index (χ3n) is 2.54. The van der Waals surface area contributed by atoms with E-state index in [4.69, 9.17) is 5.73 Å². The molecule has 0 aliphatic rings. The van der Waals surface area contributed by atoms with Crippen molar-refractivity contribution in [2.45, 2.75) is 33.0 Å². The lowest BCUT2D eigenvalue weighted by atomic mass is 10.1. The quantitative estimate of drug-likeness (QED) is 0.794. The van der Waals surface area contributed by atoms with Gasteiger partial charge in [-0.25, -0.2) is 0 Å². The maximum Gasteiger partial charge on any atom is 0.234 e. The number of hydrogen-bond donors (Lipinski definition) is 2. The summed E-state index contributed by atoms with van der Waals surface area (Å²) < 4.78 is 0. The Hall–Kier alpha value is -1.39. The molecule has 0 aromatic heterocycles. The Bertz CT molecular complexity index is 390. The highest BCUT2D eigenvalue weighted by molar-refractivity contribution is 5.78. The summed E-state index contributed by atoms with van der Waals surface area (Å²) in [7, 11) is 1.94. The molecule has 0 unspecified atom stereocenters. The Morgan fingerprint density at radius 1 is 1.39 bits per heavy atom. The molecule has 0 spiro atoms. The fourth-order valence-electron chi connectivity index (χ4n) is 1.84. The standard InChI is InChI=1S/C14H23N3O/c1-11(2)16-14(18)10-17(3)9-13-6-4-5-12(7-13)8-15/h4-7,11H,8-10,15H2,1-3H3,(H,16,18). The lowest BCUT2D eigenvalue weighted by Gasteiger charge is -2.17. The van der Waals surface area contributed by atoms with Crippen LogP contribution in [0.3, 0.4) is 0 Å². The van der Waals surface area contributed by atoms with E-state index >= 15 is 0 Å². The number of nitrogens with two attached hydrogens (primary N) is 1. The maximum atomic E-state index is 11.6. The van der Waals surface area contributed by atoms with Crippen molar-refractivity contribution in [3.05, 3.63) is 35.4 Å². The average molecular weight is 249 g/mol. The topological polar surface area (TPSA) is 58.4 Å². The molecule has 1 aromatic carbocycles. The van der Waals surface area contributed by atoms with Gasteiger partial charge in [-0.15, -0.1) is 0 Å². The molecule has 18 heavy (non-hydrogen) atoms. The molecule has 0 heterocycles. The molecule has 0 saturated heterocycles. The van der Waals surface area contributed by atoms with Crippen LogP contribution in [0.5, 0.6) is 0 Å². The normalized spacial score (nSPS) is 11.0. The van der Waals surface area contributed by atoms with Crippen molar-refractivity contribution in [2.24, 2.45) is 5.73 Å². The third-order valence-corrected chi connectivity index (χ3v) is 2.54. The molecule has 1 rings (SSSR count). The summed E-state index contributed by atoms with van der Waals surface area (Å²) in [5.41, 5.74) is 7.90. The summed E-state index contributed by atoms with van der Waals surface area (Å²) in [5, 5.41) is 2.88. The molecular formula is C14H23N3O. The van der Waals surface area contributed by atoms with Crippen molar-refractivity contribution >= 4 is 5.91 Å². The molecule has 0 radical (unpaired) electrons. The molecule has 1 amide bonds. The molecule has 4 nitrogen and oxygen atoms in total. The van der Waals surface area contributed by atoms with Crippen LogP contribution in [0, 0.1) is 0 Å². The lowest BCUT2D eigenvalue weighted by Crippen LogP contribution is -2.38. The second-order valence-electron chi connectivity index (χ2n) is 4.92. The van der Waals surface area contributed by atoms with Gasteiger partial charge in [0.05, 0.1) is 6.54 Å². The van der Waals surface area contributed by atoms with E-state index in [0.717, 1.165) is 12.1 Å². The molecule has 0 aliphatic heterocycles. The lowest BCUT2D eigenvalue weighted by molar-refractivity contribution is -0.122. The number of nitrogens with zero attached hydrogens (tertiary/aromatic N) is 1. The molecule has 0 aliphatic carbocycles. The van der Waals surface area contributed by atoms with Gasteiger partial charge in [-0.05, 0) is 32.0 Å². The first-order valence-corrected chi connectivity index (χ1v) is 6.27. The van der Waals surface area contributed by atoms with E-state index in [9.17, 15) is 4.79 Å². The third kappa shape index (κ3) is 5.29. The van der Waals surface area contributed by atoms with E-state index in [2.05, 4.69) is 17.4 Å². The average Bonchev–Trinajstić information content (AvgIpc) is 2.27. The largest absolute Gasteiger partial charge is 0.353 e. The first-order valence-electron chi connectivity index (χ1n) is 6.27. The van der Waals surface area contributed by atoms with Gasteiger partial charge in [0.2, 0.25) is 5.91 Å². The minimum Gasteiger partial charge on any atom is -0.353 e. The fraction of sp³-hybridized carbons (Fsp3) is 0.500. The second kappa shape index (κ2) is 7.13. The maximum absolute atomic E-state index is 11.6. The van der Waals surface area contributed by atoms with E-state index in [1.807, 2.05) is 37.9 Å². The summed E-state index contributed by atoms with van der Waals surface area (Å²) in [6, 6.07) is 8.33. The highest BCUT2D eigenvalue weighted by atomic mass is 16.2. The van der Waals surface area contributed by atoms with Gasteiger partial charge in [0.25, 0.3) is 0 Å². The number of likely N-dealkylation sites (N-methyl/N-ethyl adjacent to an activating group) is 1. The number of benzene rings is 1. The Kier molecular flexibility index (Phi) is 5.82. The van der Waals surface area contributed by atoms with Crippen LogP contribution in [-0.2, 0) is 17.9 Å². The summed E-state index contributed by atoms with van der Waals surface area (Å²) in [5.74, 6) is 0.0579. The van der Waals surface area contributed by atoms with Gasteiger partial charge in [-0.3, -0.25) is 9.69 Å². The van der Waals surface area contributed by atoms with Crippen molar-refractivity contribution in [1.29, 1.82) is 0 Å². The van der Waals surface area contributed by atoms with Crippen LogP contribution in [0.2, 0.25) is 0 Å². The van der Waals surface area contributed by atoms with Crippen LogP contribution in [0.15, 0.2) is 24.3 Å². The first-order chi connectivity index (χ1) is 8.51. The summed E-state index contributed by atoms with van der Waals surface area (Å²) >= 11 is 0. The van der Waals surface area contributed by atoms with Gasteiger partial charge >= 0.3 is 0 Å². The van der Waals surface area contributed by atoms with Crippen LogP contribution >= 0.6 is 0 Å². The number of carbonyl (C=O) groups excluding carboxylic acids is 1. The van der Waals surface area contributed by atoms with E-state index < -0.39 is 0 Å². The molecule has 0 atom stereocenters. The van der Waals surface area contributed by atoms with Gasteiger partial charge in [0.15, 0.2) is 0 Å². The molecule has 100 valence electrons. The number of hydrogen-bond acceptors (Lipinski definition) is 3. The molecule has 0 fully saturated rings. The molecule has 1 aromatic rings.